The number of benzene rings is 1. The number of aromatic amines is 1. The highest BCUT2D eigenvalue weighted by atomic mass is 16.5. The number of H-pyrrole nitrogens is 1. The Hall–Kier alpha value is -2.25. The maximum Gasteiger partial charge on any atom is 0.105 e. The molecule has 6 nitrogen and oxygen atoms in total. The molecule has 1 saturated carbocycles. The number of nitrogens with one attached hydrogen (secondary N) is 1. The largest absolute Gasteiger partial charge is 0.388 e. The summed E-state index contributed by atoms with van der Waals surface area (Å²) in [6, 6.07) is 6.51. The number of hydrogen-bond donors (Lipinski definition) is 3. The number of ether oxygens (including phenoxy) is 1. The smallest absolute Gasteiger partial charge is 0.105 e. The maximum atomic E-state index is 11.2. The lowest BCUT2D eigenvalue weighted by Crippen LogP contribution is -2.62. The van der Waals surface area contributed by atoms with Crippen LogP contribution in [0.15, 0.2) is 53.3 Å². The SMILES string of the molecule is CC1=C2C=C3[C@@H](O)[C@H](O)[C@@H](N(C)C)C[C@]34CC[C@]2(O4)C2CC=C(c3ccc4cn[nH]c4c3)[C@@]2(C)C1. The fraction of sp³-hybridized carbons (Fsp3) is 0.552. The number of fused-ring (bicyclic) bond motifs is 2. The van der Waals surface area contributed by atoms with Crippen molar-refractivity contribution in [3.05, 3.63) is 58.8 Å². The molecule has 7 rings (SSSR count). The first-order valence-corrected chi connectivity index (χ1v) is 13.0. The average molecular weight is 474 g/mol. The van der Waals surface area contributed by atoms with Gasteiger partial charge in [0.15, 0.2) is 0 Å². The van der Waals surface area contributed by atoms with Gasteiger partial charge >= 0.3 is 0 Å². The number of aromatic nitrogens is 2. The van der Waals surface area contributed by atoms with Gasteiger partial charge in [-0.1, -0.05) is 36.8 Å². The highest BCUT2D eigenvalue weighted by Gasteiger charge is 2.68. The molecular formula is C29H35N3O3. The molecule has 6 heteroatoms. The van der Waals surface area contributed by atoms with E-state index in [4.69, 9.17) is 4.74 Å². The molecule has 5 aliphatic rings. The molecule has 2 aliphatic heterocycles. The summed E-state index contributed by atoms with van der Waals surface area (Å²) < 4.78 is 7.30. The summed E-state index contributed by atoms with van der Waals surface area (Å²) in [4.78, 5) is 2.04. The molecule has 184 valence electrons. The predicted octanol–water partition coefficient (Wildman–Crippen LogP) is 3.98. The maximum absolute atomic E-state index is 11.2. The van der Waals surface area contributed by atoms with E-state index in [0.717, 1.165) is 48.6 Å². The molecule has 2 spiro atoms. The molecule has 2 bridgehead atoms. The van der Waals surface area contributed by atoms with Crippen LogP contribution >= 0.6 is 0 Å². The third kappa shape index (κ3) is 2.66. The minimum Gasteiger partial charge on any atom is -0.388 e. The van der Waals surface area contributed by atoms with Gasteiger partial charge in [0, 0.05) is 22.8 Å². The summed E-state index contributed by atoms with van der Waals surface area (Å²) in [7, 11) is 3.96. The molecule has 1 aromatic carbocycles. The van der Waals surface area contributed by atoms with Crippen LogP contribution in [0.25, 0.3) is 16.5 Å². The highest BCUT2D eigenvalue weighted by molar-refractivity contribution is 5.85. The van der Waals surface area contributed by atoms with Crippen molar-refractivity contribution in [3.8, 4) is 0 Å². The van der Waals surface area contributed by atoms with Crippen LogP contribution < -0.4 is 0 Å². The predicted molar refractivity (Wildman–Crippen MR) is 136 cm³/mol. The van der Waals surface area contributed by atoms with Crippen molar-refractivity contribution < 1.29 is 14.9 Å². The summed E-state index contributed by atoms with van der Waals surface area (Å²) in [6.07, 6.45) is 9.41. The second kappa shape index (κ2) is 6.94. The lowest BCUT2D eigenvalue weighted by atomic mass is 9.56. The van der Waals surface area contributed by atoms with Crippen LogP contribution in [0.3, 0.4) is 0 Å². The Labute approximate surface area is 206 Å². The second-order valence-corrected chi connectivity index (χ2v) is 12.1. The van der Waals surface area contributed by atoms with Crippen molar-refractivity contribution in [2.24, 2.45) is 11.3 Å². The fourth-order valence-electron chi connectivity index (χ4n) is 8.55. The summed E-state index contributed by atoms with van der Waals surface area (Å²) in [5.41, 5.74) is 6.40. The van der Waals surface area contributed by atoms with Crippen LogP contribution in [0.1, 0.15) is 51.5 Å². The van der Waals surface area contributed by atoms with Crippen molar-refractivity contribution in [2.75, 3.05) is 14.1 Å². The van der Waals surface area contributed by atoms with E-state index in [0.29, 0.717) is 5.92 Å². The fourth-order valence-corrected chi connectivity index (χ4v) is 8.55. The van der Waals surface area contributed by atoms with Crippen LogP contribution in [-0.2, 0) is 4.74 Å². The highest BCUT2D eigenvalue weighted by Crippen LogP contribution is 2.69. The number of allylic oxidation sites excluding steroid dienone is 3. The number of hydrogen-bond acceptors (Lipinski definition) is 5. The standard InChI is InChI=1S/C29H35N3O3/c1-16-13-27(2)19(17-5-6-18-15-30-31-22(18)11-17)7-8-24(27)29-10-9-28(35-29)14-23(32(3)4)26(34)25(33)21(28)12-20(16)29/h5-7,11-12,15,23-26,33-34H,8-10,13-14H2,1-4H3,(H,30,31)/t23-,24?,25+,26+,27+,28+,29+/m0/s1. The van der Waals surface area contributed by atoms with Gasteiger partial charge in [-0.25, -0.2) is 0 Å². The van der Waals surface area contributed by atoms with Crippen molar-refractivity contribution >= 4 is 16.5 Å². The van der Waals surface area contributed by atoms with E-state index < -0.39 is 17.8 Å². The molecule has 0 amide bonds. The summed E-state index contributed by atoms with van der Waals surface area (Å²) >= 11 is 0. The molecule has 0 radical (unpaired) electrons. The number of aliphatic hydroxyl groups is 2. The Morgan fingerprint density at radius 2 is 2.03 bits per heavy atom. The third-order valence-corrected chi connectivity index (χ3v) is 10.1. The molecule has 7 atom stereocenters. The topological polar surface area (TPSA) is 81.6 Å². The van der Waals surface area contributed by atoms with Gasteiger partial charge in [0.2, 0.25) is 0 Å². The Balaban J connectivity index is 1.34. The molecule has 2 aromatic rings. The Morgan fingerprint density at radius 1 is 1.20 bits per heavy atom. The van der Waals surface area contributed by atoms with E-state index in [-0.39, 0.29) is 17.1 Å². The Kier molecular flexibility index (Phi) is 4.36. The van der Waals surface area contributed by atoms with E-state index in [1.165, 1.54) is 22.3 Å². The normalized spacial score (nSPS) is 42.1. The Bertz CT molecular complexity index is 1340. The van der Waals surface area contributed by atoms with Gasteiger partial charge in [-0.05, 0) is 81.5 Å². The van der Waals surface area contributed by atoms with Gasteiger partial charge in [0.1, 0.15) is 6.10 Å². The van der Waals surface area contributed by atoms with E-state index in [1.54, 1.807) is 0 Å². The van der Waals surface area contributed by atoms with E-state index >= 15 is 0 Å². The van der Waals surface area contributed by atoms with Gasteiger partial charge < -0.3 is 19.8 Å². The van der Waals surface area contributed by atoms with E-state index in [1.807, 2.05) is 25.2 Å². The monoisotopic (exact) mass is 473 g/mol. The molecular weight excluding hydrogens is 438 g/mol. The van der Waals surface area contributed by atoms with Gasteiger partial charge in [-0.2, -0.15) is 5.10 Å². The molecule has 3 heterocycles. The minimum atomic E-state index is -0.890. The molecule has 3 aliphatic carbocycles. The molecule has 1 aromatic heterocycles. The number of likely N-dealkylation sites (N-methyl/N-ethyl adjacent to an activating group) is 1. The van der Waals surface area contributed by atoms with Gasteiger partial charge in [-0.15, -0.1) is 0 Å². The molecule has 3 N–H and O–H groups in total. The Morgan fingerprint density at radius 3 is 2.83 bits per heavy atom. The van der Waals surface area contributed by atoms with E-state index in [2.05, 4.69) is 54.4 Å². The van der Waals surface area contributed by atoms with Gasteiger partial charge in [0.05, 0.1) is 29.0 Å². The average Bonchev–Trinajstić information content (AvgIpc) is 3.50. The zero-order chi connectivity index (χ0) is 24.3. The first kappa shape index (κ1) is 22.0. The molecule has 1 saturated heterocycles. The molecule has 2 fully saturated rings. The molecule has 35 heavy (non-hydrogen) atoms. The molecule has 1 unspecified atom stereocenters. The quantitative estimate of drug-likeness (QED) is 0.615. The zero-order valence-electron chi connectivity index (χ0n) is 21.0. The van der Waals surface area contributed by atoms with Crippen LogP contribution in [-0.4, -0.2) is 68.9 Å². The first-order chi connectivity index (χ1) is 16.7. The van der Waals surface area contributed by atoms with Crippen molar-refractivity contribution in [1.29, 1.82) is 0 Å². The van der Waals surface area contributed by atoms with Crippen LogP contribution in [0, 0.1) is 11.3 Å². The second-order valence-electron chi connectivity index (χ2n) is 12.1. The summed E-state index contributed by atoms with van der Waals surface area (Å²) in [6.45, 7) is 4.67. The number of nitrogens with zero attached hydrogens (tertiary/aromatic N) is 2. The van der Waals surface area contributed by atoms with Gasteiger partial charge in [0.25, 0.3) is 0 Å². The third-order valence-electron chi connectivity index (χ3n) is 10.1. The van der Waals surface area contributed by atoms with E-state index in [9.17, 15) is 10.2 Å². The summed E-state index contributed by atoms with van der Waals surface area (Å²) in [5.74, 6) is 0.347. The van der Waals surface area contributed by atoms with Crippen LogP contribution in [0.2, 0.25) is 0 Å². The van der Waals surface area contributed by atoms with Crippen LogP contribution in [0.5, 0.6) is 0 Å². The summed E-state index contributed by atoms with van der Waals surface area (Å²) in [5, 5.41) is 30.6. The van der Waals surface area contributed by atoms with Crippen molar-refractivity contribution in [3.63, 3.8) is 0 Å². The number of rotatable bonds is 2. The van der Waals surface area contributed by atoms with Crippen molar-refractivity contribution in [2.45, 2.75) is 75.4 Å². The van der Waals surface area contributed by atoms with Crippen LogP contribution in [0.4, 0.5) is 0 Å². The van der Waals surface area contributed by atoms with Crippen molar-refractivity contribution in [1.82, 2.24) is 15.1 Å². The zero-order valence-corrected chi connectivity index (χ0v) is 21.0. The first-order valence-electron chi connectivity index (χ1n) is 13.0. The van der Waals surface area contributed by atoms with Gasteiger partial charge in [-0.3, -0.25) is 5.10 Å². The lowest BCUT2D eigenvalue weighted by molar-refractivity contribution is -0.162. The minimum absolute atomic E-state index is 0.0219. The number of aliphatic hydroxyl groups excluding tert-OH is 2. The lowest BCUT2D eigenvalue weighted by Gasteiger charge is -2.56.